The maximum Gasteiger partial charge on any atom is 0.0300 e. The van der Waals surface area contributed by atoms with E-state index in [1.807, 2.05) is 11.3 Å². The molecule has 0 spiro atoms. The van der Waals surface area contributed by atoms with E-state index in [1.54, 1.807) is 0 Å². The minimum atomic E-state index is 0.718. The Bertz CT molecular complexity index is 431. The summed E-state index contributed by atoms with van der Waals surface area (Å²) in [5.41, 5.74) is 0. The second-order valence-electron chi connectivity index (χ2n) is 6.32. The van der Waals surface area contributed by atoms with Gasteiger partial charge < -0.3 is 5.32 Å². The van der Waals surface area contributed by atoms with E-state index in [2.05, 4.69) is 41.1 Å². The highest BCUT2D eigenvalue weighted by molar-refractivity contribution is 7.11. The van der Waals surface area contributed by atoms with E-state index >= 15 is 0 Å². The summed E-state index contributed by atoms with van der Waals surface area (Å²) in [5, 5.41) is 3.60. The molecule has 20 heavy (non-hydrogen) atoms. The van der Waals surface area contributed by atoms with Crippen LogP contribution in [0.4, 0.5) is 0 Å². The molecule has 2 fully saturated rings. The van der Waals surface area contributed by atoms with E-state index in [0.717, 1.165) is 25.2 Å². The number of hydrogen-bond donors (Lipinski definition) is 1. The van der Waals surface area contributed by atoms with E-state index < -0.39 is 0 Å². The van der Waals surface area contributed by atoms with Crippen LogP contribution in [0, 0.1) is 6.92 Å². The summed E-state index contributed by atoms with van der Waals surface area (Å²) in [5.74, 6) is 0. The van der Waals surface area contributed by atoms with Crippen LogP contribution in [0.25, 0.3) is 0 Å². The van der Waals surface area contributed by atoms with Gasteiger partial charge in [0.2, 0.25) is 0 Å². The second kappa shape index (κ2) is 6.56. The minimum Gasteiger partial charge on any atom is -0.311 e. The quantitative estimate of drug-likeness (QED) is 0.841. The van der Waals surface area contributed by atoms with E-state index in [9.17, 15) is 0 Å². The molecule has 3 nitrogen and oxygen atoms in total. The lowest BCUT2D eigenvalue weighted by Crippen LogP contribution is -2.55. The molecule has 0 aromatic carbocycles. The Balaban J connectivity index is 1.39. The molecular weight excluding hydrogens is 266 g/mol. The first-order chi connectivity index (χ1) is 9.72. The molecule has 112 valence electrons. The van der Waals surface area contributed by atoms with Crippen molar-refractivity contribution in [2.24, 2.45) is 0 Å². The first-order valence-electron chi connectivity index (χ1n) is 7.96. The van der Waals surface area contributed by atoms with E-state index in [1.165, 1.54) is 48.8 Å². The summed E-state index contributed by atoms with van der Waals surface area (Å²) in [6, 6.07) is 6.01. The Labute approximate surface area is 127 Å². The van der Waals surface area contributed by atoms with Crippen molar-refractivity contribution in [1.82, 2.24) is 15.1 Å². The predicted molar refractivity (Wildman–Crippen MR) is 86.4 cm³/mol. The molecule has 2 aliphatic heterocycles. The fourth-order valence-electron chi connectivity index (χ4n) is 3.57. The molecule has 0 aliphatic carbocycles. The summed E-state index contributed by atoms with van der Waals surface area (Å²) in [6.45, 7) is 11.8. The van der Waals surface area contributed by atoms with Crippen LogP contribution >= 0.6 is 11.3 Å². The first-order valence-corrected chi connectivity index (χ1v) is 8.78. The van der Waals surface area contributed by atoms with Crippen LogP contribution < -0.4 is 5.32 Å². The van der Waals surface area contributed by atoms with Gasteiger partial charge in [-0.05, 0) is 45.4 Å². The lowest BCUT2D eigenvalue weighted by molar-refractivity contribution is 0.0603. The summed E-state index contributed by atoms with van der Waals surface area (Å²) in [7, 11) is 0. The van der Waals surface area contributed by atoms with Crippen molar-refractivity contribution in [2.45, 2.75) is 45.3 Å². The number of nitrogens with one attached hydrogen (secondary N) is 1. The van der Waals surface area contributed by atoms with Crippen molar-refractivity contribution in [3.63, 3.8) is 0 Å². The third kappa shape index (κ3) is 3.42. The van der Waals surface area contributed by atoms with Gasteiger partial charge in [-0.25, -0.2) is 0 Å². The number of thiophene rings is 1. The highest BCUT2D eigenvalue weighted by atomic mass is 32.1. The molecule has 0 saturated carbocycles. The minimum absolute atomic E-state index is 0.718. The molecule has 4 heteroatoms. The number of rotatable bonds is 5. The molecule has 2 atom stereocenters. The van der Waals surface area contributed by atoms with Crippen molar-refractivity contribution >= 4 is 11.3 Å². The van der Waals surface area contributed by atoms with Gasteiger partial charge in [0.1, 0.15) is 0 Å². The lowest BCUT2D eigenvalue weighted by atomic mass is 10.1. The smallest absolute Gasteiger partial charge is 0.0300 e. The zero-order chi connectivity index (χ0) is 13.9. The van der Waals surface area contributed by atoms with Crippen molar-refractivity contribution in [3.05, 3.63) is 21.9 Å². The number of hydrogen-bond acceptors (Lipinski definition) is 4. The molecule has 1 aromatic rings. The maximum absolute atomic E-state index is 3.60. The van der Waals surface area contributed by atoms with Crippen LogP contribution in [0.3, 0.4) is 0 Å². The topological polar surface area (TPSA) is 18.5 Å². The van der Waals surface area contributed by atoms with Gasteiger partial charge >= 0.3 is 0 Å². The van der Waals surface area contributed by atoms with Crippen molar-refractivity contribution < 1.29 is 0 Å². The summed E-state index contributed by atoms with van der Waals surface area (Å²) in [4.78, 5) is 8.24. The fraction of sp³-hybridized carbons (Fsp3) is 0.750. The summed E-state index contributed by atoms with van der Waals surface area (Å²) < 4.78 is 0. The van der Waals surface area contributed by atoms with Gasteiger partial charge in [0, 0.05) is 54.6 Å². The van der Waals surface area contributed by atoms with Gasteiger partial charge in [-0.1, -0.05) is 0 Å². The third-order valence-corrected chi connectivity index (χ3v) is 5.74. The van der Waals surface area contributed by atoms with Gasteiger partial charge in [-0.3, -0.25) is 9.80 Å². The van der Waals surface area contributed by atoms with Crippen LogP contribution in [-0.4, -0.2) is 54.6 Å². The normalized spacial score (nSPS) is 27.9. The van der Waals surface area contributed by atoms with E-state index in [4.69, 9.17) is 0 Å². The Morgan fingerprint density at radius 3 is 3.05 bits per heavy atom. The molecular formula is C16H27N3S. The predicted octanol–water partition coefficient (Wildman–Crippen LogP) is 2.31. The molecule has 3 heterocycles. The van der Waals surface area contributed by atoms with Gasteiger partial charge in [0.25, 0.3) is 0 Å². The second-order valence-corrected chi connectivity index (χ2v) is 7.70. The lowest BCUT2D eigenvalue weighted by Gasteiger charge is -2.42. The van der Waals surface area contributed by atoms with Crippen LogP contribution in [-0.2, 0) is 6.54 Å². The van der Waals surface area contributed by atoms with E-state index in [0.29, 0.717) is 0 Å². The van der Waals surface area contributed by atoms with Gasteiger partial charge in [0.05, 0.1) is 0 Å². The maximum atomic E-state index is 3.60. The number of fused-ring (bicyclic) bond motifs is 1. The largest absolute Gasteiger partial charge is 0.311 e. The zero-order valence-corrected chi connectivity index (χ0v) is 13.6. The van der Waals surface area contributed by atoms with Crippen molar-refractivity contribution in [1.29, 1.82) is 0 Å². The molecule has 0 amide bonds. The number of aryl methyl sites for hydroxylation is 1. The van der Waals surface area contributed by atoms with Gasteiger partial charge in [0.15, 0.2) is 0 Å². The molecule has 2 aliphatic rings. The highest BCUT2D eigenvalue weighted by Gasteiger charge is 2.33. The zero-order valence-electron chi connectivity index (χ0n) is 12.8. The first kappa shape index (κ1) is 14.5. The molecule has 2 unspecified atom stereocenters. The van der Waals surface area contributed by atoms with Gasteiger partial charge in [-0.2, -0.15) is 0 Å². The summed E-state index contributed by atoms with van der Waals surface area (Å²) in [6.07, 6.45) is 2.81. The average Bonchev–Trinajstić information content (AvgIpc) is 3.03. The Hall–Kier alpha value is -0.420. The van der Waals surface area contributed by atoms with Crippen LogP contribution in [0.2, 0.25) is 0 Å². The van der Waals surface area contributed by atoms with Gasteiger partial charge in [-0.15, -0.1) is 11.3 Å². The molecule has 1 N–H and O–H groups in total. The monoisotopic (exact) mass is 293 g/mol. The van der Waals surface area contributed by atoms with Crippen molar-refractivity contribution in [2.75, 3.05) is 32.7 Å². The standard InChI is InChI=1S/C16H27N3S/c1-13-11-19-8-3-4-15(19)12-18(13)9-7-17-10-16-6-5-14(2)20-16/h5-6,13,15,17H,3-4,7-12H2,1-2H3. The Morgan fingerprint density at radius 2 is 2.25 bits per heavy atom. The van der Waals surface area contributed by atoms with Crippen molar-refractivity contribution in [3.8, 4) is 0 Å². The van der Waals surface area contributed by atoms with E-state index in [-0.39, 0.29) is 0 Å². The van der Waals surface area contributed by atoms with Crippen LogP contribution in [0.15, 0.2) is 12.1 Å². The number of nitrogens with zero attached hydrogens (tertiary/aromatic N) is 2. The Kier molecular flexibility index (Phi) is 4.76. The number of piperazine rings is 1. The fourth-order valence-corrected chi connectivity index (χ4v) is 4.43. The third-order valence-electron chi connectivity index (χ3n) is 4.74. The molecule has 2 saturated heterocycles. The summed E-state index contributed by atoms with van der Waals surface area (Å²) >= 11 is 1.90. The molecule has 0 radical (unpaired) electrons. The Morgan fingerprint density at radius 1 is 1.35 bits per heavy atom. The molecule has 3 rings (SSSR count). The molecule has 0 bridgehead atoms. The SMILES string of the molecule is Cc1ccc(CNCCN2CC3CCCN3CC2C)s1. The highest BCUT2D eigenvalue weighted by Crippen LogP contribution is 2.24. The molecule has 1 aromatic heterocycles. The average molecular weight is 293 g/mol. The van der Waals surface area contributed by atoms with Crippen LogP contribution in [0.1, 0.15) is 29.5 Å². The van der Waals surface area contributed by atoms with Crippen LogP contribution in [0.5, 0.6) is 0 Å².